The number of nitrogens with zero attached hydrogens (tertiary/aromatic N) is 2. The highest BCUT2D eigenvalue weighted by molar-refractivity contribution is 6.03. The highest BCUT2D eigenvalue weighted by atomic mass is 19.1. The average molecular weight is 327 g/mol. The monoisotopic (exact) mass is 327 g/mol. The van der Waals surface area contributed by atoms with E-state index in [0.717, 1.165) is 18.7 Å². The van der Waals surface area contributed by atoms with Crippen LogP contribution in [0, 0.1) is 5.82 Å². The van der Waals surface area contributed by atoms with Crippen LogP contribution >= 0.6 is 0 Å². The molecule has 1 aliphatic rings. The molecule has 1 N–H and O–H groups in total. The number of carbonyl (C=O) groups is 1. The molecule has 1 saturated heterocycles. The summed E-state index contributed by atoms with van der Waals surface area (Å²) in [6, 6.07) is 10.2. The van der Waals surface area contributed by atoms with E-state index in [4.69, 9.17) is 0 Å². The first-order valence-electron chi connectivity index (χ1n) is 8.47. The number of hydrogen-bond acceptors (Lipinski definition) is 3. The van der Waals surface area contributed by atoms with Gasteiger partial charge in [0.15, 0.2) is 0 Å². The molecule has 1 unspecified atom stereocenters. The highest BCUT2D eigenvalue weighted by Gasteiger charge is 2.21. The number of hydrogen-bond donors (Lipinski definition) is 1. The average Bonchev–Trinajstić information content (AvgIpc) is 2.62. The minimum Gasteiger partial charge on any atom is -0.367 e. The molecule has 126 valence electrons. The third-order valence-electron chi connectivity index (χ3n) is 4.54. The van der Waals surface area contributed by atoms with Gasteiger partial charge in [0.2, 0.25) is 0 Å². The van der Waals surface area contributed by atoms with E-state index in [9.17, 15) is 9.18 Å². The predicted octanol–water partition coefficient (Wildman–Crippen LogP) is 4.24. The lowest BCUT2D eigenvalue weighted by Crippen LogP contribution is -2.39. The third kappa shape index (κ3) is 3.55. The summed E-state index contributed by atoms with van der Waals surface area (Å²) in [4.78, 5) is 18.8. The lowest BCUT2D eigenvalue weighted by molar-refractivity contribution is 0.102. The maximum absolute atomic E-state index is 13.6. The maximum atomic E-state index is 13.6. The van der Waals surface area contributed by atoms with Crippen LogP contribution in [0.5, 0.6) is 0 Å². The summed E-state index contributed by atoms with van der Waals surface area (Å²) >= 11 is 0. The van der Waals surface area contributed by atoms with Crippen LogP contribution < -0.4 is 10.2 Å². The number of nitrogens with one attached hydrogen (secondary N) is 1. The molecular formula is C19H22FN3O. The van der Waals surface area contributed by atoms with E-state index in [1.54, 1.807) is 24.4 Å². The molecular weight excluding hydrogens is 305 g/mol. The van der Waals surface area contributed by atoms with Crippen molar-refractivity contribution in [2.24, 2.45) is 0 Å². The molecule has 0 bridgehead atoms. The summed E-state index contributed by atoms with van der Waals surface area (Å²) in [6.07, 6.45) is 6.58. The third-order valence-corrected chi connectivity index (χ3v) is 4.54. The Morgan fingerprint density at radius 1 is 1.29 bits per heavy atom. The Kier molecular flexibility index (Phi) is 5.08. The normalized spacial score (nSPS) is 17.6. The molecule has 2 heterocycles. The van der Waals surface area contributed by atoms with Crippen molar-refractivity contribution in [3.63, 3.8) is 0 Å². The van der Waals surface area contributed by atoms with Crippen LogP contribution in [-0.4, -0.2) is 23.5 Å². The Balaban J connectivity index is 1.70. The largest absolute Gasteiger partial charge is 0.367 e. The quantitative estimate of drug-likeness (QED) is 0.913. The number of halogens is 1. The minimum absolute atomic E-state index is 0.0189. The van der Waals surface area contributed by atoms with Gasteiger partial charge in [0, 0.05) is 12.6 Å². The van der Waals surface area contributed by atoms with Gasteiger partial charge in [0.25, 0.3) is 5.91 Å². The second kappa shape index (κ2) is 7.43. The van der Waals surface area contributed by atoms with E-state index in [1.807, 2.05) is 6.07 Å². The fourth-order valence-corrected chi connectivity index (χ4v) is 3.22. The molecule has 2 aromatic rings. The fraction of sp³-hybridized carbons (Fsp3) is 0.368. The number of carbonyl (C=O) groups excluding carboxylic acids is 1. The molecule has 0 saturated carbocycles. The first-order valence-corrected chi connectivity index (χ1v) is 8.47. The van der Waals surface area contributed by atoms with Gasteiger partial charge in [-0.2, -0.15) is 0 Å². The number of pyridine rings is 1. The summed E-state index contributed by atoms with van der Waals surface area (Å²) in [5.41, 5.74) is 1.09. The van der Waals surface area contributed by atoms with E-state index in [2.05, 4.69) is 22.1 Å². The molecule has 1 aromatic heterocycles. The van der Waals surface area contributed by atoms with Gasteiger partial charge in [-0.25, -0.2) is 9.37 Å². The topological polar surface area (TPSA) is 45.2 Å². The second-order valence-corrected chi connectivity index (χ2v) is 6.09. The number of amides is 1. The molecule has 1 fully saturated rings. The standard InChI is InChI=1S/C19H22FN3O/c1-2-14-7-5-6-12-23(14)15-10-11-18(21-13-15)22-19(24)16-8-3-4-9-17(16)20/h3-4,8-11,13-14H,2,5-7,12H2,1H3,(H,21,22,24). The van der Waals surface area contributed by atoms with Gasteiger partial charge in [-0.1, -0.05) is 19.1 Å². The van der Waals surface area contributed by atoms with E-state index >= 15 is 0 Å². The van der Waals surface area contributed by atoms with Crippen LogP contribution in [0.15, 0.2) is 42.6 Å². The molecule has 1 atom stereocenters. The zero-order valence-corrected chi connectivity index (χ0v) is 13.8. The van der Waals surface area contributed by atoms with Crippen LogP contribution in [0.25, 0.3) is 0 Å². The number of aromatic nitrogens is 1. The molecule has 4 nitrogen and oxygen atoms in total. The van der Waals surface area contributed by atoms with Crippen molar-refractivity contribution in [3.8, 4) is 0 Å². The van der Waals surface area contributed by atoms with Gasteiger partial charge >= 0.3 is 0 Å². The van der Waals surface area contributed by atoms with Gasteiger partial charge in [-0.15, -0.1) is 0 Å². The van der Waals surface area contributed by atoms with Gasteiger partial charge in [-0.3, -0.25) is 4.79 Å². The van der Waals surface area contributed by atoms with Crippen molar-refractivity contribution in [2.45, 2.75) is 38.6 Å². The van der Waals surface area contributed by atoms with E-state index in [-0.39, 0.29) is 5.56 Å². The number of piperidine rings is 1. The van der Waals surface area contributed by atoms with Crippen molar-refractivity contribution >= 4 is 17.4 Å². The lowest BCUT2D eigenvalue weighted by Gasteiger charge is -2.37. The summed E-state index contributed by atoms with van der Waals surface area (Å²) in [5.74, 6) is -0.597. The molecule has 0 aliphatic carbocycles. The van der Waals surface area contributed by atoms with Gasteiger partial charge in [-0.05, 0) is 49.9 Å². The molecule has 5 heteroatoms. The van der Waals surface area contributed by atoms with Crippen LogP contribution in [0.3, 0.4) is 0 Å². The maximum Gasteiger partial charge on any atom is 0.259 e. The molecule has 1 aliphatic heterocycles. The summed E-state index contributed by atoms with van der Waals surface area (Å²) in [7, 11) is 0. The zero-order valence-electron chi connectivity index (χ0n) is 13.8. The van der Waals surface area contributed by atoms with Gasteiger partial charge in [0.1, 0.15) is 11.6 Å². The highest BCUT2D eigenvalue weighted by Crippen LogP contribution is 2.26. The van der Waals surface area contributed by atoms with Crippen molar-refractivity contribution in [3.05, 3.63) is 54.0 Å². The first-order chi connectivity index (χ1) is 11.7. The van der Waals surface area contributed by atoms with E-state index in [0.29, 0.717) is 11.9 Å². The molecule has 3 rings (SSSR count). The van der Waals surface area contributed by atoms with Crippen LogP contribution in [0.4, 0.5) is 15.9 Å². The van der Waals surface area contributed by atoms with Crippen LogP contribution in [0.2, 0.25) is 0 Å². The van der Waals surface area contributed by atoms with E-state index in [1.165, 1.54) is 31.4 Å². The molecule has 0 radical (unpaired) electrons. The second-order valence-electron chi connectivity index (χ2n) is 6.09. The first kappa shape index (κ1) is 16.4. The number of benzene rings is 1. The lowest BCUT2D eigenvalue weighted by atomic mass is 9.99. The minimum atomic E-state index is -0.536. The van der Waals surface area contributed by atoms with Crippen molar-refractivity contribution in [2.75, 3.05) is 16.8 Å². The summed E-state index contributed by atoms with van der Waals surface area (Å²) < 4.78 is 13.6. The smallest absolute Gasteiger partial charge is 0.259 e. The van der Waals surface area contributed by atoms with Crippen LogP contribution in [-0.2, 0) is 0 Å². The fourth-order valence-electron chi connectivity index (χ4n) is 3.22. The van der Waals surface area contributed by atoms with Crippen molar-refractivity contribution in [1.82, 2.24) is 4.98 Å². The molecule has 0 spiro atoms. The predicted molar refractivity (Wildman–Crippen MR) is 93.9 cm³/mol. The Hall–Kier alpha value is -2.43. The van der Waals surface area contributed by atoms with E-state index < -0.39 is 11.7 Å². The Morgan fingerprint density at radius 3 is 2.83 bits per heavy atom. The summed E-state index contributed by atoms with van der Waals surface area (Å²) in [5, 5.41) is 2.65. The Bertz CT molecular complexity index is 702. The molecule has 1 amide bonds. The molecule has 24 heavy (non-hydrogen) atoms. The number of anilines is 2. The van der Waals surface area contributed by atoms with Gasteiger partial charge in [0.05, 0.1) is 17.4 Å². The Labute approximate surface area is 141 Å². The van der Waals surface area contributed by atoms with Crippen LogP contribution in [0.1, 0.15) is 43.0 Å². The van der Waals surface area contributed by atoms with Gasteiger partial charge < -0.3 is 10.2 Å². The Morgan fingerprint density at radius 2 is 2.12 bits per heavy atom. The summed E-state index contributed by atoms with van der Waals surface area (Å²) in [6.45, 7) is 3.25. The van der Waals surface area contributed by atoms with Crippen molar-refractivity contribution < 1.29 is 9.18 Å². The molecule has 1 aromatic carbocycles. The number of rotatable bonds is 4. The van der Waals surface area contributed by atoms with Crippen molar-refractivity contribution in [1.29, 1.82) is 0 Å². The SMILES string of the molecule is CCC1CCCCN1c1ccc(NC(=O)c2ccccc2F)nc1. The zero-order chi connectivity index (χ0) is 16.9.